The van der Waals surface area contributed by atoms with E-state index in [1.807, 2.05) is 13.8 Å². The molecule has 0 radical (unpaired) electrons. The average Bonchev–Trinajstić information content (AvgIpc) is 2.55. The summed E-state index contributed by atoms with van der Waals surface area (Å²) in [5, 5.41) is 10.5. The van der Waals surface area contributed by atoms with Gasteiger partial charge in [-0.05, 0) is 24.3 Å². The normalized spacial score (nSPS) is 11.5. The van der Waals surface area contributed by atoms with Gasteiger partial charge in [-0.3, -0.25) is 4.79 Å². The Labute approximate surface area is 135 Å². The molecule has 2 aromatic rings. The molecule has 122 valence electrons. The quantitative estimate of drug-likeness (QED) is 0.908. The minimum absolute atomic E-state index is 0.00866. The highest BCUT2D eigenvalue weighted by Crippen LogP contribution is 2.20. The molecule has 1 heterocycles. The SMILES string of the molecule is CCS(=O)(=O)c1ccc(-c2ccc(NC(=O)C(C)C)cc2)nn1. The maximum atomic E-state index is 11.7. The van der Waals surface area contributed by atoms with Crippen LogP contribution in [0.25, 0.3) is 11.3 Å². The third-order valence-corrected chi connectivity index (χ3v) is 4.93. The van der Waals surface area contributed by atoms with Gasteiger partial charge in [0, 0.05) is 17.2 Å². The van der Waals surface area contributed by atoms with Crippen LogP contribution in [0.2, 0.25) is 0 Å². The highest BCUT2D eigenvalue weighted by Gasteiger charge is 2.14. The van der Waals surface area contributed by atoms with Gasteiger partial charge in [-0.1, -0.05) is 32.9 Å². The topological polar surface area (TPSA) is 89.0 Å². The Balaban J connectivity index is 2.18. The molecule has 0 aliphatic heterocycles. The fraction of sp³-hybridized carbons (Fsp3) is 0.312. The van der Waals surface area contributed by atoms with E-state index in [4.69, 9.17) is 0 Å². The molecule has 0 spiro atoms. The van der Waals surface area contributed by atoms with E-state index in [0.717, 1.165) is 5.56 Å². The molecule has 0 aliphatic carbocycles. The summed E-state index contributed by atoms with van der Waals surface area (Å²) in [5.41, 5.74) is 2.06. The third kappa shape index (κ3) is 4.13. The lowest BCUT2D eigenvalue weighted by Gasteiger charge is -2.08. The lowest BCUT2D eigenvalue weighted by atomic mass is 10.1. The minimum atomic E-state index is -3.35. The van der Waals surface area contributed by atoms with E-state index in [-0.39, 0.29) is 22.6 Å². The monoisotopic (exact) mass is 333 g/mol. The van der Waals surface area contributed by atoms with E-state index in [1.165, 1.54) is 6.07 Å². The number of nitrogens with one attached hydrogen (secondary N) is 1. The number of sulfone groups is 1. The zero-order chi connectivity index (χ0) is 17.0. The molecule has 0 fully saturated rings. The number of aromatic nitrogens is 2. The van der Waals surface area contributed by atoms with Crippen molar-refractivity contribution in [1.29, 1.82) is 0 Å². The number of amides is 1. The smallest absolute Gasteiger partial charge is 0.226 e. The van der Waals surface area contributed by atoms with Gasteiger partial charge in [0.1, 0.15) is 0 Å². The fourth-order valence-electron chi connectivity index (χ4n) is 1.80. The maximum Gasteiger partial charge on any atom is 0.226 e. The highest BCUT2D eigenvalue weighted by molar-refractivity contribution is 7.91. The Morgan fingerprint density at radius 2 is 1.74 bits per heavy atom. The van der Waals surface area contributed by atoms with E-state index in [9.17, 15) is 13.2 Å². The Bertz CT molecular complexity index is 782. The summed E-state index contributed by atoms with van der Waals surface area (Å²) >= 11 is 0. The first-order valence-electron chi connectivity index (χ1n) is 7.31. The molecule has 1 amide bonds. The van der Waals surface area contributed by atoms with Gasteiger partial charge >= 0.3 is 0 Å². The molecule has 1 aromatic carbocycles. The summed E-state index contributed by atoms with van der Waals surface area (Å²) in [6.45, 7) is 5.21. The summed E-state index contributed by atoms with van der Waals surface area (Å²) in [6.07, 6.45) is 0. The van der Waals surface area contributed by atoms with Crippen LogP contribution in [0.15, 0.2) is 41.4 Å². The number of anilines is 1. The molecule has 0 unspecified atom stereocenters. The first-order chi connectivity index (χ1) is 10.8. The molecule has 0 saturated carbocycles. The lowest BCUT2D eigenvalue weighted by molar-refractivity contribution is -0.118. The standard InChI is InChI=1S/C16H19N3O3S/c1-4-23(21,22)15-10-9-14(18-19-15)12-5-7-13(8-6-12)17-16(20)11(2)3/h5-11H,4H2,1-3H3,(H,17,20). The van der Waals surface area contributed by atoms with E-state index in [1.54, 1.807) is 37.3 Å². The van der Waals surface area contributed by atoms with E-state index in [2.05, 4.69) is 15.5 Å². The summed E-state index contributed by atoms with van der Waals surface area (Å²) in [7, 11) is -3.35. The number of carbonyl (C=O) groups excluding carboxylic acids is 1. The number of rotatable bonds is 5. The molecular weight excluding hydrogens is 314 g/mol. The molecule has 2 rings (SSSR count). The van der Waals surface area contributed by atoms with E-state index >= 15 is 0 Å². The van der Waals surface area contributed by atoms with Gasteiger partial charge in [0.2, 0.25) is 5.91 Å². The molecular formula is C16H19N3O3S. The predicted molar refractivity (Wildman–Crippen MR) is 88.7 cm³/mol. The first kappa shape index (κ1) is 17.1. The van der Waals surface area contributed by atoms with Gasteiger partial charge in [0.15, 0.2) is 14.9 Å². The summed E-state index contributed by atoms with van der Waals surface area (Å²) in [4.78, 5) is 11.6. The predicted octanol–water partition coefficient (Wildman–Crippen LogP) is 2.53. The van der Waals surface area contributed by atoms with Crippen LogP contribution in [0.5, 0.6) is 0 Å². The number of hydrogen-bond donors (Lipinski definition) is 1. The van der Waals surface area contributed by atoms with Crippen LogP contribution in [-0.4, -0.2) is 30.3 Å². The van der Waals surface area contributed by atoms with Crippen LogP contribution in [0.3, 0.4) is 0 Å². The highest BCUT2D eigenvalue weighted by atomic mass is 32.2. The van der Waals surface area contributed by atoms with Crippen LogP contribution in [0.1, 0.15) is 20.8 Å². The molecule has 23 heavy (non-hydrogen) atoms. The van der Waals surface area contributed by atoms with Crippen molar-refractivity contribution in [2.24, 2.45) is 5.92 Å². The fourth-order valence-corrected chi connectivity index (χ4v) is 2.54. The van der Waals surface area contributed by atoms with Gasteiger partial charge in [0.25, 0.3) is 0 Å². The van der Waals surface area contributed by atoms with Crippen molar-refractivity contribution in [2.75, 3.05) is 11.1 Å². The molecule has 6 nitrogen and oxygen atoms in total. The van der Waals surface area contributed by atoms with Crippen molar-refractivity contribution in [1.82, 2.24) is 10.2 Å². The van der Waals surface area contributed by atoms with Crippen LogP contribution >= 0.6 is 0 Å². The third-order valence-electron chi connectivity index (χ3n) is 3.31. The largest absolute Gasteiger partial charge is 0.326 e. The van der Waals surface area contributed by atoms with Gasteiger partial charge in [0.05, 0.1) is 11.4 Å². The van der Waals surface area contributed by atoms with Gasteiger partial charge in [-0.2, -0.15) is 0 Å². The number of hydrogen-bond acceptors (Lipinski definition) is 5. The van der Waals surface area contributed by atoms with Crippen molar-refractivity contribution >= 4 is 21.4 Å². The second-order valence-electron chi connectivity index (χ2n) is 5.38. The maximum absolute atomic E-state index is 11.7. The Hall–Kier alpha value is -2.28. The van der Waals surface area contributed by atoms with Gasteiger partial charge < -0.3 is 5.32 Å². The second kappa shape index (κ2) is 6.87. The molecule has 0 aliphatic rings. The summed E-state index contributed by atoms with van der Waals surface area (Å²) in [5.74, 6) is -0.147. The molecule has 7 heteroatoms. The van der Waals surface area contributed by atoms with Crippen molar-refractivity contribution in [3.05, 3.63) is 36.4 Å². The number of benzene rings is 1. The zero-order valence-electron chi connectivity index (χ0n) is 13.3. The van der Waals surface area contributed by atoms with Crippen molar-refractivity contribution in [3.8, 4) is 11.3 Å². The molecule has 0 atom stereocenters. The Kier molecular flexibility index (Phi) is 5.10. The van der Waals surface area contributed by atoms with E-state index < -0.39 is 9.84 Å². The summed E-state index contributed by atoms with van der Waals surface area (Å²) < 4.78 is 23.4. The summed E-state index contributed by atoms with van der Waals surface area (Å²) in [6, 6.07) is 10.2. The van der Waals surface area contributed by atoms with Gasteiger partial charge in [-0.15, -0.1) is 10.2 Å². The minimum Gasteiger partial charge on any atom is -0.326 e. The first-order valence-corrected chi connectivity index (χ1v) is 8.96. The molecule has 1 N–H and O–H groups in total. The zero-order valence-corrected chi connectivity index (χ0v) is 14.1. The average molecular weight is 333 g/mol. The molecule has 0 saturated heterocycles. The van der Waals surface area contributed by atoms with Gasteiger partial charge in [-0.25, -0.2) is 8.42 Å². The van der Waals surface area contributed by atoms with Crippen molar-refractivity contribution in [2.45, 2.75) is 25.8 Å². The van der Waals surface area contributed by atoms with Crippen molar-refractivity contribution in [3.63, 3.8) is 0 Å². The second-order valence-corrected chi connectivity index (χ2v) is 7.61. The van der Waals surface area contributed by atoms with Crippen molar-refractivity contribution < 1.29 is 13.2 Å². The molecule has 1 aromatic heterocycles. The lowest BCUT2D eigenvalue weighted by Crippen LogP contribution is -2.17. The Morgan fingerprint density at radius 1 is 1.09 bits per heavy atom. The van der Waals surface area contributed by atoms with Crippen LogP contribution in [-0.2, 0) is 14.6 Å². The van der Waals surface area contributed by atoms with E-state index in [0.29, 0.717) is 11.4 Å². The number of carbonyl (C=O) groups is 1. The van der Waals surface area contributed by atoms with Crippen LogP contribution in [0.4, 0.5) is 5.69 Å². The molecule has 0 bridgehead atoms. The van der Waals surface area contributed by atoms with Crippen LogP contribution < -0.4 is 5.32 Å². The number of nitrogens with zero attached hydrogens (tertiary/aromatic N) is 2. The Morgan fingerprint density at radius 3 is 2.22 bits per heavy atom. The van der Waals surface area contributed by atoms with Crippen LogP contribution in [0, 0.1) is 5.92 Å².